The summed E-state index contributed by atoms with van der Waals surface area (Å²) in [6.45, 7) is 3.68. The van der Waals surface area contributed by atoms with Gasteiger partial charge >= 0.3 is 0 Å². The second kappa shape index (κ2) is 7.85. The third-order valence-corrected chi connectivity index (χ3v) is 4.77. The Labute approximate surface area is 160 Å². The molecule has 26 heavy (non-hydrogen) atoms. The molecule has 0 aliphatic heterocycles. The predicted octanol–water partition coefficient (Wildman–Crippen LogP) is 5.35. The molecule has 4 nitrogen and oxygen atoms in total. The van der Waals surface area contributed by atoms with Crippen LogP contribution in [0.5, 0.6) is 0 Å². The Morgan fingerprint density at radius 1 is 1.23 bits per heavy atom. The molecule has 0 fully saturated rings. The monoisotopic (exact) mass is 389 g/mol. The van der Waals surface area contributed by atoms with Crippen LogP contribution >= 0.6 is 22.9 Å². The molecule has 1 atom stereocenters. The van der Waals surface area contributed by atoms with Crippen LogP contribution in [-0.4, -0.2) is 16.9 Å². The summed E-state index contributed by atoms with van der Waals surface area (Å²) in [5.74, 6) is -0.911. The molecule has 0 radical (unpaired) electrons. The zero-order valence-electron chi connectivity index (χ0n) is 14.2. The van der Waals surface area contributed by atoms with Crippen LogP contribution in [0.2, 0.25) is 5.02 Å². The van der Waals surface area contributed by atoms with Gasteiger partial charge in [0.25, 0.3) is 0 Å². The summed E-state index contributed by atoms with van der Waals surface area (Å²) in [6, 6.07) is 11.2. The molecule has 2 N–H and O–H groups in total. The minimum Gasteiger partial charge on any atom is -0.374 e. The number of nitrogens with one attached hydrogen (secondary N) is 2. The summed E-state index contributed by atoms with van der Waals surface area (Å²) in [4.78, 5) is 16.7. The van der Waals surface area contributed by atoms with Gasteiger partial charge in [0.15, 0.2) is 0 Å². The van der Waals surface area contributed by atoms with E-state index in [0.717, 1.165) is 28.0 Å². The van der Waals surface area contributed by atoms with Gasteiger partial charge in [-0.2, -0.15) is 0 Å². The largest absolute Gasteiger partial charge is 0.374 e. The highest BCUT2D eigenvalue weighted by Crippen LogP contribution is 2.23. The number of carbonyl (C=O) groups excluding carboxylic acids is 1. The van der Waals surface area contributed by atoms with Gasteiger partial charge in [0.05, 0.1) is 16.4 Å². The van der Waals surface area contributed by atoms with Gasteiger partial charge in [-0.3, -0.25) is 4.79 Å². The van der Waals surface area contributed by atoms with Crippen LogP contribution in [0.25, 0.3) is 11.3 Å². The molecule has 0 aliphatic rings. The molecule has 1 aromatic heterocycles. The molecular weight excluding hydrogens is 373 g/mol. The number of nitrogens with zero attached hydrogens (tertiary/aromatic N) is 1. The summed E-state index contributed by atoms with van der Waals surface area (Å²) in [5, 5.41) is 8.96. The van der Waals surface area contributed by atoms with Gasteiger partial charge in [-0.05, 0) is 44.2 Å². The topological polar surface area (TPSA) is 54.0 Å². The van der Waals surface area contributed by atoms with E-state index in [1.165, 1.54) is 12.1 Å². The summed E-state index contributed by atoms with van der Waals surface area (Å²) in [6.07, 6.45) is 0. The van der Waals surface area contributed by atoms with Gasteiger partial charge in [-0.15, -0.1) is 11.3 Å². The van der Waals surface area contributed by atoms with Crippen molar-refractivity contribution in [3.8, 4) is 11.3 Å². The Morgan fingerprint density at radius 2 is 1.96 bits per heavy atom. The van der Waals surface area contributed by atoms with Gasteiger partial charge in [0.1, 0.15) is 11.9 Å². The van der Waals surface area contributed by atoms with Crippen LogP contribution in [-0.2, 0) is 4.79 Å². The Balaban J connectivity index is 1.63. The highest BCUT2D eigenvalue weighted by atomic mass is 35.5. The second-order valence-corrected chi connectivity index (χ2v) is 7.31. The molecule has 0 spiro atoms. The zero-order chi connectivity index (χ0) is 18.7. The van der Waals surface area contributed by atoms with Gasteiger partial charge in [-0.25, -0.2) is 9.37 Å². The van der Waals surface area contributed by atoms with E-state index in [-0.39, 0.29) is 16.6 Å². The second-order valence-electron chi connectivity index (χ2n) is 5.81. The molecule has 2 aromatic carbocycles. The van der Waals surface area contributed by atoms with Crippen molar-refractivity contribution in [1.82, 2.24) is 4.98 Å². The van der Waals surface area contributed by atoms with E-state index in [0.29, 0.717) is 0 Å². The number of rotatable bonds is 5. The first-order chi connectivity index (χ1) is 12.4. The maximum absolute atomic E-state index is 13.8. The lowest BCUT2D eigenvalue weighted by Gasteiger charge is -2.16. The molecule has 0 bridgehead atoms. The molecule has 7 heteroatoms. The Bertz CT molecular complexity index is 927. The lowest BCUT2D eigenvalue weighted by Crippen LogP contribution is -2.32. The summed E-state index contributed by atoms with van der Waals surface area (Å²) < 4.78 is 13.8. The van der Waals surface area contributed by atoms with Crippen molar-refractivity contribution >= 4 is 40.2 Å². The number of amides is 1. The smallest absolute Gasteiger partial charge is 0.246 e. The number of thiazole rings is 1. The Morgan fingerprint density at radius 3 is 2.58 bits per heavy atom. The van der Waals surface area contributed by atoms with Crippen LogP contribution < -0.4 is 10.6 Å². The minimum absolute atomic E-state index is 0.0994. The van der Waals surface area contributed by atoms with Crippen molar-refractivity contribution in [2.45, 2.75) is 19.9 Å². The SMILES string of the molecule is Cc1nc(-c2ccc(N[C@H](C)C(=O)Nc3ccc(Cl)cc3F)cc2)cs1. The van der Waals surface area contributed by atoms with E-state index in [9.17, 15) is 9.18 Å². The quantitative estimate of drug-likeness (QED) is 0.618. The zero-order valence-corrected chi connectivity index (χ0v) is 15.8. The maximum atomic E-state index is 13.8. The van der Waals surface area contributed by atoms with Crippen LogP contribution in [0.15, 0.2) is 47.8 Å². The van der Waals surface area contributed by atoms with Gasteiger partial charge < -0.3 is 10.6 Å². The lowest BCUT2D eigenvalue weighted by atomic mass is 10.1. The molecule has 1 amide bonds. The van der Waals surface area contributed by atoms with E-state index in [4.69, 9.17) is 11.6 Å². The number of anilines is 2. The lowest BCUT2D eigenvalue weighted by molar-refractivity contribution is -0.116. The minimum atomic E-state index is -0.569. The third-order valence-electron chi connectivity index (χ3n) is 3.77. The van der Waals surface area contributed by atoms with Crippen molar-refractivity contribution in [3.63, 3.8) is 0 Å². The fourth-order valence-corrected chi connectivity index (χ4v) is 3.16. The third kappa shape index (κ3) is 4.39. The number of benzene rings is 2. The molecule has 0 aliphatic carbocycles. The van der Waals surface area contributed by atoms with Crippen molar-refractivity contribution in [3.05, 3.63) is 63.7 Å². The Kier molecular flexibility index (Phi) is 5.54. The van der Waals surface area contributed by atoms with Crippen LogP contribution in [0, 0.1) is 12.7 Å². The van der Waals surface area contributed by atoms with Crippen molar-refractivity contribution < 1.29 is 9.18 Å². The standard InChI is InChI=1S/C19H17ClFN3OS/c1-11(19(25)24-17-8-5-14(20)9-16(17)21)22-15-6-3-13(4-7-15)18-10-26-12(2)23-18/h3-11,22H,1-2H3,(H,24,25)/t11-/m1/s1. The summed E-state index contributed by atoms with van der Waals surface area (Å²) in [5.41, 5.74) is 2.84. The molecule has 1 heterocycles. The number of aromatic nitrogens is 1. The summed E-state index contributed by atoms with van der Waals surface area (Å²) in [7, 11) is 0. The van der Waals surface area contributed by atoms with E-state index < -0.39 is 11.9 Å². The summed E-state index contributed by atoms with van der Waals surface area (Å²) >= 11 is 7.32. The van der Waals surface area contributed by atoms with E-state index in [1.807, 2.05) is 36.6 Å². The number of aryl methyl sites for hydroxylation is 1. The number of hydrogen-bond acceptors (Lipinski definition) is 4. The molecule has 0 saturated heterocycles. The number of hydrogen-bond donors (Lipinski definition) is 2. The molecule has 3 rings (SSSR count). The molecule has 0 unspecified atom stereocenters. The molecule has 134 valence electrons. The highest BCUT2D eigenvalue weighted by molar-refractivity contribution is 7.09. The first-order valence-electron chi connectivity index (χ1n) is 7.97. The Hall–Kier alpha value is -2.44. The average molecular weight is 390 g/mol. The first-order valence-corrected chi connectivity index (χ1v) is 9.23. The van der Waals surface area contributed by atoms with E-state index in [1.54, 1.807) is 18.3 Å². The van der Waals surface area contributed by atoms with Crippen molar-refractivity contribution in [2.75, 3.05) is 10.6 Å². The van der Waals surface area contributed by atoms with Crippen LogP contribution in [0.1, 0.15) is 11.9 Å². The van der Waals surface area contributed by atoms with Crippen LogP contribution in [0.4, 0.5) is 15.8 Å². The normalized spacial score (nSPS) is 11.8. The van der Waals surface area contributed by atoms with Crippen LogP contribution in [0.3, 0.4) is 0 Å². The molecular formula is C19H17ClFN3OS. The number of halogens is 2. The van der Waals surface area contributed by atoms with Gasteiger partial charge in [0, 0.05) is 21.7 Å². The van der Waals surface area contributed by atoms with Crippen molar-refractivity contribution in [2.24, 2.45) is 0 Å². The van der Waals surface area contributed by atoms with E-state index in [2.05, 4.69) is 15.6 Å². The highest BCUT2D eigenvalue weighted by Gasteiger charge is 2.15. The van der Waals surface area contributed by atoms with E-state index >= 15 is 0 Å². The van der Waals surface area contributed by atoms with Crippen molar-refractivity contribution in [1.29, 1.82) is 0 Å². The van der Waals surface area contributed by atoms with Gasteiger partial charge in [-0.1, -0.05) is 23.7 Å². The maximum Gasteiger partial charge on any atom is 0.246 e. The average Bonchev–Trinajstić information content (AvgIpc) is 3.04. The number of carbonyl (C=O) groups is 1. The first kappa shape index (κ1) is 18.4. The predicted molar refractivity (Wildman–Crippen MR) is 105 cm³/mol. The fraction of sp³-hybridized carbons (Fsp3) is 0.158. The molecule has 3 aromatic rings. The van der Waals surface area contributed by atoms with Gasteiger partial charge in [0.2, 0.25) is 5.91 Å². The molecule has 0 saturated carbocycles. The fourth-order valence-electron chi connectivity index (χ4n) is 2.38.